The first-order valence-corrected chi connectivity index (χ1v) is 9.48. The molecule has 0 heterocycles. The predicted octanol–water partition coefficient (Wildman–Crippen LogP) is 6.64. The summed E-state index contributed by atoms with van der Waals surface area (Å²) in [5, 5.41) is 11.8. The van der Waals surface area contributed by atoms with Crippen LogP contribution >= 0.6 is 23.2 Å². The van der Waals surface area contributed by atoms with Crippen LogP contribution in [0.4, 0.5) is 13.2 Å². The molecule has 8 heteroatoms. The van der Waals surface area contributed by atoms with Gasteiger partial charge in [0, 0.05) is 10.0 Å². The maximum Gasteiger partial charge on any atom is 0.416 e. The Balaban J connectivity index is 1.89. The average molecular weight is 455 g/mol. The van der Waals surface area contributed by atoms with Crippen LogP contribution in [0.3, 0.4) is 0 Å². The van der Waals surface area contributed by atoms with Crippen LogP contribution in [0.15, 0.2) is 72.8 Å². The molecule has 0 aliphatic heterocycles. The summed E-state index contributed by atoms with van der Waals surface area (Å²) in [5.74, 6) is -0.878. The van der Waals surface area contributed by atoms with Crippen LogP contribution in [0.25, 0.3) is 0 Å². The minimum absolute atomic E-state index is 0.0785. The third-order valence-electron chi connectivity index (χ3n) is 4.38. The van der Waals surface area contributed by atoms with E-state index in [2.05, 4.69) is 0 Å². The molecule has 1 N–H and O–H groups in total. The molecule has 0 aromatic heterocycles. The number of esters is 1. The fourth-order valence-electron chi connectivity index (χ4n) is 2.78. The van der Waals surface area contributed by atoms with Gasteiger partial charge in [-0.05, 0) is 59.7 Å². The van der Waals surface area contributed by atoms with E-state index < -0.39 is 29.9 Å². The highest BCUT2D eigenvalue weighted by atomic mass is 35.5. The molecule has 3 aromatic rings. The second-order valence-corrected chi connectivity index (χ2v) is 7.32. The van der Waals surface area contributed by atoms with Gasteiger partial charge >= 0.3 is 12.1 Å². The molecule has 0 spiro atoms. The van der Waals surface area contributed by atoms with Crippen molar-refractivity contribution in [2.75, 3.05) is 0 Å². The lowest BCUT2D eigenvalue weighted by atomic mass is 9.98. The first-order valence-electron chi connectivity index (χ1n) is 8.72. The molecule has 0 saturated carbocycles. The molecule has 0 fully saturated rings. The van der Waals surface area contributed by atoms with Gasteiger partial charge in [-0.25, -0.2) is 4.79 Å². The quantitative estimate of drug-likeness (QED) is 0.439. The molecule has 0 aliphatic carbocycles. The van der Waals surface area contributed by atoms with Crippen molar-refractivity contribution < 1.29 is 27.8 Å². The van der Waals surface area contributed by atoms with Crippen LogP contribution in [0.1, 0.15) is 39.3 Å². The lowest BCUT2D eigenvalue weighted by Gasteiger charge is -2.24. The van der Waals surface area contributed by atoms with Crippen LogP contribution in [0, 0.1) is 0 Å². The van der Waals surface area contributed by atoms with Crippen LogP contribution < -0.4 is 0 Å². The summed E-state index contributed by atoms with van der Waals surface area (Å²) in [6, 6.07) is 16.3. The van der Waals surface area contributed by atoms with Gasteiger partial charge in [0.05, 0.1) is 11.1 Å². The van der Waals surface area contributed by atoms with E-state index in [1.807, 2.05) is 0 Å². The van der Waals surface area contributed by atoms with E-state index in [0.717, 1.165) is 24.3 Å². The molecule has 3 nitrogen and oxygen atoms in total. The highest BCUT2D eigenvalue weighted by Crippen LogP contribution is 2.34. The minimum atomic E-state index is -4.51. The molecule has 3 rings (SSSR count). The molecular formula is C22H15Cl2F3O3. The molecule has 2 atom stereocenters. The SMILES string of the molecule is O=C(O[C@H](c1ccc(Cl)cc1)[C@H](O)c1ccc(Cl)cc1)c1ccc(C(F)(F)F)cc1. The van der Waals surface area contributed by atoms with Gasteiger partial charge in [0.25, 0.3) is 0 Å². The Hall–Kier alpha value is -2.54. The minimum Gasteiger partial charge on any atom is -0.451 e. The Bertz CT molecular complexity index is 1000. The largest absolute Gasteiger partial charge is 0.451 e. The first-order chi connectivity index (χ1) is 14.1. The van der Waals surface area contributed by atoms with E-state index in [0.29, 0.717) is 21.2 Å². The molecular weight excluding hydrogens is 440 g/mol. The number of aliphatic hydroxyl groups is 1. The number of hydrogen-bond donors (Lipinski definition) is 1. The van der Waals surface area contributed by atoms with Gasteiger partial charge in [-0.15, -0.1) is 0 Å². The van der Waals surface area contributed by atoms with Crippen molar-refractivity contribution in [1.29, 1.82) is 0 Å². The van der Waals surface area contributed by atoms with Crippen molar-refractivity contribution >= 4 is 29.2 Å². The summed E-state index contributed by atoms with van der Waals surface area (Å²) < 4.78 is 43.7. The third kappa shape index (κ3) is 5.33. The Morgan fingerprint density at radius 1 is 0.800 bits per heavy atom. The Labute approximate surface area is 180 Å². The van der Waals surface area contributed by atoms with E-state index in [1.165, 1.54) is 0 Å². The molecule has 0 unspecified atom stereocenters. The second kappa shape index (κ2) is 9.08. The molecule has 30 heavy (non-hydrogen) atoms. The van der Waals surface area contributed by atoms with Gasteiger partial charge in [0.15, 0.2) is 6.10 Å². The molecule has 0 saturated heterocycles. The molecule has 3 aromatic carbocycles. The van der Waals surface area contributed by atoms with E-state index in [4.69, 9.17) is 27.9 Å². The summed E-state index contributed by atoms with van der Waals surface area (Å²) in [5.41, 5.74) is -0.0542. The number of halogens is 5. The zero-order valence-electron chi connectivity index (χ0n) is 15.2. The lowest BCUT2D eigenvalue weighted by molar-refractivity contribution is -0.137. The van der Waals surface area contributed by atoms with Crippen molar-refractivity contribution in [2.45, 2.75) is 18.4 Å². The maximum absolute atomic E-state index is 12.7. The average Bonchev–Trinajstić information content (AvgIpc) is 2.72. The smallest absolute Gasteiger partial charge is 0.416 e. The summed E-state index contributed by atoms with van der Waals surface area (Å²) in [4.78, 5) is 12.6. The second-order valence-electron chi connectivity index (χ2n) is 6.45. The summed E-state index contributed by atoms with van der Waals surface area (Å²) in [7, 11) is 0. The fraction of sp³-hybridized carbons (Fsp3) is 0.136. The monoisotopic (exact) mass is 454 g/mol. The van der Waals surface area contributed by atoms with Crippen LogP contribution in [-0.2, 0) is 10.9 Å². The number of ether oxygens (including phenoxy) is 1. The lowest BCUT2D eigenvalue weighted by Crippen LogP contribution is -2.19. The highest BCUT2D eigenvalue weighted by molar-refractivity contribution is 6.30. The predicted molar refractivity (Wildman–Crippen MR) is 107 cm³/mol. The Kier molecular flexibility index (Phi) is 6.71. The van der Waals surface area contributed by atoms with Crippen LogP contribution in [0.2, 0.25) is 10.0 Å². The van der Waals surface area contributed by atoms with Gasteiger partial charge in [0.2, 0.25) is 0 Å². The number of aliphatic hydroxyl groups excluding tert-OH is 1. The van der Waals surface area contributed by atoms with Crippen molar-refractivity contribution in [3.05, 3.63) is 105 Å². The van der Waals surface area contributed by atoms with Crippen LogP contribution in [-0.4, -0.2) is 11.1 Å². The number of rotatable bonds is 5. The summed E-state index contributed by atoms with van der Waals surface area (Å²) >= 11 is 11.8. The van der Waals surface area contributed by atoms with E-state index in [1.54, 1.807) is 48.5 Å². The topological polar surface area (TPSA) is 46.5 Å². The van der Waals surface area contributed by atoms with E-state index in [9.17, 15) is 23.1 Å². The Morgan fingerprint density at radius 2 is 1.27 bits per heavy atom. The number of benzene rings is 3. The van der Waals surface area contributed by atoms with Gasteiger partial charge in [-0.3, -0.25) is 0 Å². The van der Waals surface area contributed by atoms with Gasteiger partial charge in [0.1, 0.15) is 6.10 Å². The first kappa shape index (κ1) is 22.2. The standard InChI is InChI=1S/C22H15Cl2F3O3/c23-17-9-3-13(4-10-17)19(28)20(14-5-11-18(24)12-6-14)30-21(29)15-1-7-16(8-2-15)22(25,26)27/h1-12,19-20,28H/t19-,20-/m1/s1. The number of carbonyl (C=O) groups excluding carboxylic acids is 1. The molecule has 0 radical (unpaired) electrons. The van der Waals surface area contributed by atoms with Crippen molar-refractivity contribution in [1.82, 2.24) is 0 Å². The molecule has 0 bridgehead atoms. The third-order valence-corrected chi connectivity index (χ3v) is 4.88. The summed E-state index contributed by atoms with van der Waals surface area (Å²) in [6.45, 7) is 0. The molecule has 0 aliphatic rings. The van der Waals surface area contributed by atoms with Gasteiger partial charge in [-0.1, -0.05) is 47.5 Å². The number of alkyl halides is 3. The summed E-state index contributed by atoms with van der Waals surface area (Å²) in [6.07, 6.45) is -6.89. The number of carbonyl (C=O) groups is 1. The van der Waals surface area contributed by atoms with Gasteiger partial charge < -0.3 is 9.84 Å². The molecule has 0 amide bonds. The number of hydrogen-bond acceptors (Lipinski definition) is 3. The Morgan fingerprint density at radius 3 is 1.73 bits per heavy atom. The van der Waals surface area contributed by atoms with Gasteiger partial charge in [-0.2, -0.15) is 13.2 Å². The van der Waals surface area contributed by atoms with Crippen molar-refractivity contribution in [2.24, 2.45) is 0 Å². The normalized spacial score (nSPS) is 13.5. The fourth-order valence-corrected chi connectivity index (χ4v) is 3.03. The maximum atomic E-state index is 12.7. The van der Waals surface area contributed by atoms with Crippen molar-refractivity contribution in [3.63, 3.8) is 0 Å². The van der Waals surface area contributed by atoms with E-state index >= 15 is 0 Å². The zero-order chi connectivity index (χ0) is 21.9. The zero-order valence-corrected chi connectivity index (χ0v) is 16.7. The van der Waals surface area contributed by atoms with Crippen molar-refractivity contribution in [3.8, 4) is 0 Å². The highest BCUT2D eigenvalue weighted by Gasteiger charge is 2.31. The molecule has 156 valence electrons. The van der Waals surface area contributed by atoms with Crippen LogP contribution in [0.5, 0.6) is 0 Å². The van der Waals surface area contributed by atoms with E-state index in [-0.39, 0.29) is 5.56 Å².